The van der Waals surface area contributed by atoms with E-state index in [0.717, 1.165) is 56.4 Å². The van der Waals surface area contributed by atoms with E-state index in [1.54, 1.807) is 0 Å². The molecule has 2 amide bonds. The highest BCUT2D eigenvalue weighted by Crippen LogP contribution is 2.35. The number of nitrogens with one attached hydrogen (secondary N) is 1. The van der Waals surface area contributed by atoms with Crippen LogP contribution in [0.2, 0.25) is 0 Å². The Balaban J connectivity index is 1.59. The van der Waals surface area contributed by atoms with Crippen molar-refractivity contribution < 1.29 is 9.59 Å². The Morgan fingerprint density at radius 1 is 1.04 bits per heavy atom. The number of hydrogen-bond acceptors (Lipinski definition) is 3. The number of hydrogen-bond donors (Lipinski definition) is 1. The maximum Gasteiger partial charge on any atom is 0.257 e. The van der Waals surface area contributed by atoms with Gasteiger partial charge in [-0.05, 0) is 57.2 Å². The molecule has 5 nitrogen and oxygen atoms in total. The third-order valence-electron chi connectivity index (χ3n) is 6.67. The number of carbonyl (C=O) groups is 2. The zero-order valence-electron chi connectivity index (χ0n) is 17.1. The molecule has 1 aromatic rings. The SMILES string of the molecule is CCN1c2cc(C(=O)NC3CCCCCC3)ccc2C(=O)N2CCCCC[C@H]21. The average Bonchev–Trinajstić information content (AvgIpc) is 3.11. The fourth-order valence-electron chi connectivity index (χ4n) is 5.13. The van der Waals surface area contributed by atoms with E-state index in [2.05, 4.69) is 17.1 Å². The first kappa shape index (κ1) is 19.3. The summed E-state index contributed by atoms with van der Waals surface area (Å²) in [5.74, 6) is 0.129. The predicted octanol–water partition coefficient (Wildman–Crippen LogP) is 4.32. The summed E-state index contributed by atoms with van der Waals surface area (Å²) in [7, 11) is 0. The molecular formula is C23H33N3O2. The Kier molecular flexibility index (Phi) is 5.88. The molecule has 1 atom stereocenters. The lowest BCUT2D eigenvalue weighted by molar-refractivity contribution is 0.0656. The summed E-state index contributed by atoms with van der Waals surface area (Å²) in [5.41, 5.74) is 2.35. The van der Waals surface area contributed by atoms with Gasteiger partial charge >= 0.3 is 0 Å². The van der Waals surface area contributed by atoms with Gasteiger partial charge in [0.2, 0.25) is 0 Å². The predicted molar refractivity (Wildman–Crippen MR) is 112 cm³/mol. The number of rotatable bonds is 3. The first-order valence-electron chi connectivity index (χ1n) is 11.2. The first-order chi connectivity index (χ1) is 13.7. The van der Waals surface area contributed by atoms with Crippen molar-refractivity contribution in [1.29, 1.82) is 0 Å². The van der Waals surface area contributed by atoms with Crippen LogP contribution in [0.1, 0.15) is 91.8 Å². The van der Waals surface area contributed by atoms with Crippen LogP contribution < -0.4 is 10.2 Å². The molecule has 3 aliphatic rings. The Morgan fingerprint density at radius 3 is 2.50 bits per heavy atom. The molecule has 0 radical (unpaired) electrons. The van der Waals surface area contributed by atoms with Gasteiger partial charge in [0.15, 0.2) is 0 Å². The molecule has 2 aliphatic heterocycles. The Labute approximate surface area is 168 Å². The minimum absolute atomic E-state index is 0.00139. The molecule has 2 heterocycles. The van der Waals surface area contributed by atoms with Crippen LogP contribution in [-0.2, 0) is 0 Å². The minimum atomic E-state index is 0.00139. The third kappa shape index (κ3) is 3.76. The fourth-order valence-corrected chi connectivity index (χ4v) is 5.13. The van der Waals surface area contributed by atoms with Gasteiger partial charge in [-0.3, -0.25) is 9.59 Å². The quantitative estimate of drug-likeness (QED) is 0.791. The van der Waals surface area contributed by atoms with E-state index in [0.29, 0.717) is 5.56 Å². The number of anilines is 1. The molecule has 1 aromatic carbocycles. The van der Waals surface area contributed by atoms with Gasteiger partial charge in [-0.15, -0.1) is 0 Å². The van der Waals surface area contributed by atoms with Crippen molar-refractivity contribution in [3.8, 4) is 0 Å². The molecule has 1 aliphatic carbocycles. The van der Waals surface area contributed by atoms with E-state index in [9.17, 15) is 9.59 Å². The third-order valence-corrected chi connectivity index (χ3v) is 6.67. The lowest BCUT2D eigenvalue weighted by atomic mass is 10.0. The van der Waals surface area contributed by atoms with Gasteiger partial charge in [0, 0.05) is 24.7 Å². The Morgan fingerprint density at radius 2 is 1.75 bits per heavy atom. The largest absolute Gasteiger partial charge is 0.351 e. The molecule has 5 heteroatoms. The number of benzene rings is 1. The summed E-state index contributed by atoms with van der Waals surface area (Å²) >= 11 is 0. The number of carbonyl (C=O) groups excluding carboxylic acids is 2. The second-order valence-electron chi connectivity index (χ2n) is 8.51. The van der Waals surface area contributed by atoms with E-state index in [1.165, 1.54) is 32.1 Å². The Bertz CT molecular complexity index is 725. The molecule has 1 saturated carbocycles. The van der Waals surface area contributed by atoms with Crippen molar-refractivity contribution in [3.05, 3.63) is 29.3 Å². The summed E-state index contributed by atoms with van der Waals surface area (Å²) in [6.07, 6.45) is 11.7. The molecule has 0 bridgehead atoms. The summed E-state index contributed by atoms with van der Waals surface area (Å²) in [4.78, 5) is 30.4. The van der Waals surface area contributed by atoms with Gasteiger partial charge in [-0.25, -0.2) is 0 Å². The van der Waals surface area contributed by atoms with Crippen molar-refractivity contribution in [2.75, 3.05) is 18.0 Å². The van der Waals surface area contributed by atoms with Crippen LogP contribution >= 0.6 is 0 Å². The van der Waals surface area contributed by atoms with Crippen LogP contribution in [0, 0.1) is 0 Å². The molecule has 2 fully saturated rings. The Hall–Kier alpha value is -2.04. The second-order valence-corrected chi connectivity index (χ2v) is 8.51. The van der Waals surface area contributed by atoms with Gasteiger partial charge < -0.3 is 15.1 Å². The normalized spacial score (nSPS) is 23.5. The average molecular weight is 384 g/mol. The van der Waals surface area contributed by atoms with Crippen LogP contribution in [0.15, 0.2) is 18.2 Å². The van der Waals surface area contributed by atoms with Crippen LogP contribution in [0.4, 0.5) is 5.69 Å². The van der Waals surface area contributed by atoms with Crippen LogP contribution in [0.5, 0.6) is 0 Å². The number of fused-ring (bicyclic) bond motifs is 2. The van der Waals surface area contributed by atoms with Gasteiger partial charge in [-0.1, -0.05) is 32.1 Å². The van der Waals surface area contributed by atoms with Gasteiger partial charge in [0.25, 0.3) is 11.8 Å². The summed E-state index contributed by atoms with van der Waals surface area (Å²) in [6.45, 7) is 3.82. The van der Waals surface area contributed by atoms with Crippen molar-refractivity contribution >= 4 is 17.5 Å². The van der Waals surface area contributed by atoms with Crippen molar-refractivity contribution in [1.82, 2.24) is 10.2 Å². The maximum absolute atomic E-state index is 13.1. The maximum atomic E-state index is 13.1. The van der Waals surface area contributed by atoms with Crippen LogP contribution in [-0.4, -0.2) is 42.0 Å². The van der Waals surface area contributed by atoms with Crippen LogP contribution in [0.3, 0.4) is 0 Å². The summed E-state index contributed by atoms with van der Waals surface area (Å²) < 4.78 is 0. The molecule has 1 saturated heterocycles. The van der Waals surface area contributed by atoms with Crippen LogP contribution in [0.25, 0.3) is 0 Å². The molecule has 4 rings (SSSR count). The second kappa shape index (κ2) is 8.54. The highest BCUT2D eigenvalue weighted by atomic mass is 16.2. The van der Waals surface area contributed by atoms with E-state index >= 15 is 0 Å². The van der Waals surface area contributed by atoms with E-state index in [4.69, 9.17) is 0 Å². The highest BCUT2D eigenvalue weighted by molar-refractivity contribution is 6.04. The molecule has 1 N–H and O–H groups in total. The first-order valence-corrected chi connectivity index (χ1v) is 11.2. The molecule has 152 valence electrons. The monoisotopic (exact) mass is 383 g/mol. The topological polar surface area (TPSA) is 52.7 Å². The van der Waals surface area contributed by atoms with Gasteiger partial charge in [0.1, 0.15) is 6.17 Å². The minimum Gasteiger partial charge on any atom is -0.351 e. The molecule has 0 spiro atoms. The highest BCUT2D eigenvalue weighted by Gasteiger charge is 2.37. The van der Waals surface area contributed by atoms with E-state index < -0.39 is 0 Å². The van der Waals surface area contributed by atoms with Gasteiger partial charge in [-0.2, -0.15) is 0 Å². The smallest absolute Gasteiger partial charge is 0.257 e. The molecule has 0 aromatic heterocycles. The molecule has 28 heavy (non-hydrogen) atoms. The van der Waals surface area contributed by atoms with E-state index in [1.807, 2.05) is 23.1 Å². The lowest BCUT2D eigenvalue weighted by Crippen LogP contribution is -2.55. The standard InChI is InChI=1S/C23H33N3O2/c1-2-25-20-16-17(22(27)24-18-10-6-3-4-7-11-18)13-14-19(20)23(28)26-15-9-5-8-12-21(25)26/h13-14,16,18,21H,2-12,15H2,1H3,(H,24,27)/t21-/m0/s1. The summed E-state index contributed by atoms with van der Waals surface area (Å²) in [5, 5.41) is 3.24. The van der Waals surface area contributed by atoms with Crippen molar-refractivity contribution in [2.24, 2.45) is 0 Å². The van der Waals surface area contributed by atoms with E-state index in [-0.39, 0.29) is 24.0 Å². The van der Waals surface area contributed by atoms with Crippen molar-refractivity contribution in [3.63, 3.8) is 0 Å². The molecule has 0 unspecified atom stereocenters. The number of nitrogens with zero attached hydrogens (tertiary/aromatic N) is 2. The van der Waals surface area contributed by atoms with Crippen molar-refractivity contribution in [2.45, 2.75) is 83.3 Å². The fraction of sp³-hybridized carbons (Fsp3) is 0.652. The zero-order valence-corrected chi connectivity index (χ0v) is 17.1. The number of amides is 2. The van der Waals surface area contributed by atoms with Gasteiger partial charge in [0.05, 0.1) is 11.3 Å². The summed E-state index contributed by atoms with van der Waals surface area (Å²) in [6, 6.07) is 5.93. The zero-order chi connectivity index (χ0) is 19.5. The lowest BCUT2D eigenvalue weighted by Gasteiger charge is -2.44. The molecular weight excluding hydrogens is 350 g/mol.